The van der Waals surface area contributed by atoms with Gasteiger partial charge >= 0.3 is 0 Å². The van der Waals surface area contributed by atoms with Crippen LogP contribution in [0.4, 0.5) is 0 Å². The lowest BCUT2D eigenvalue weighted by atomic mass is 10.1. The lowest BCUT2D eigenvalue weighted by Crippen LogP contribution is -2.32. The van der Waals surface area contributed by atoms with E-state index in [9.17, 15) is 9.90 Å². The Morgan fingerprint density at radius 3 is 3.00 bits per heavy atom. The third-order valence-corrected chi connectivity index (χ3v) is 5.35. The van der Waals surface area contributed by atoms with Gasteiger partial charge in [0.1, 0.15) is 0 Å². The van der Waals surface area contributed by atoms with Crippen LogP contribution in [0, 0.1) is 5.92 Å². The van der Waals surface area contributed by atoms with E-state index in [-0.39, 0.29) is 17.9 Å². The molecule has 2 N–H and O–H groups in total. The number of carbonyl (C=O) groups excluding carboxylic acids is 1. The first-order valence-corrected chi connectivity index (χ1v) is 7.63. The summed E-state index contributed by atoms with van der Waals surface area (Å²) < 4.78 is 0. The summed E-state index contributed by atoms with van der Waals surface area (Å²) in [5, 5.41) is 12.7. The van der Waals surface area contributed by atoms with Crippen molar-refractivity contribution in [1.82, 2.24) is 5.32 Å². The average Bonchev–Trinajstić information content (AvgIpc) is 3.00. The number of amides is 1. The van der Waals surface area contributed by atoms with Crippen LogP contribution < -0.4 is 5.32 Å². The minimum Gasteiger partial charge on any atom is -0.393 e. The number of carbonyl (C=O) groups is 1. The Hall–Kier alpha value is -0.870. The molecule has 0 bridgehead atoms. The van der Waals surface area contributed by atoms with E-state index in [2.05, 4.69) is 5.32 Å². The highest BCUT2D eigenvalue weighted by molar-refractivity contribution is 7.14. The molecule has 1 saturated carbocycles. The van der Waals surface area contributed by atoms with E-state index in [1.807, 2.05) is 6.07 Å². The number of nitrogens with one attached hydrogen (secondary N) is 1. The Morgan fingerprint density at radius 2 is 2.28 bits per heavy atom. The number of aliphatic hydroxyl groups excluding tert-OH is 1. The molecule has 2 atom stereocenters. The summed E-state index contributed by atoms with van der Waals surface area (Å²) in [4.78, 5) is 14.3. The number of aliphatic hydroxyl groups is 1. The number of hydrogen-bond acceptors (Lipinski definition) is 3. The van der Waals surface area contributed by atoms with E-state index in [0.29, 0.717) is 6.54 Å². The first-order chi connectivity index (χ1) is 8.74. The summed E-state index contributed by atoms with van der Waals surface area (Å²) in [6.07, 6.45) is 6.26. The molecule has 3 nitrogen and oxygen atoms in total. The number of rotatable bonds is 3. The molecule has 2 aliphatic rings. The van der Waals surface area contributed by atoms with Crippen molar-refractivity contribution in [2.75, 3.05) is 6.54 Å². The Balaban J connectivity index is 1.57. The first-order valence-electron chi connectivity index (χ1n) is 6.82. The molecule has 2 aliphatic carbocycles. The highest BCUT2D eigenvalue weighted by Gasteiger charge is 2.26. The van der Waals surface area contributed by atoms with Crippen molar-refractivity contribution in [2.45, 2.75) is 44.6 Å². The van der Waals surface area contributed by atoms with Crippen molar-refractivity contribution in [3.63, 3.8) is 0 Å². The van der Waals surface area contributed by atoms with Gasteiger partial charge in [0.15, 0.2) is 0 Å². The van der Waals surface area contributed by atoms with Crippen molar-refractivity contribution >= 4 is 17.2 Å². The summed E-state index contributed by atoms with van der Waals surface area (Å²) in [7, 11) is 0. The van der Waals surface area contributed by atoms with Crippen LogP contribution in [0.1, 0.15) is 45.8 Å². The second kappa shape index (κ2) is 5.02. The van der Waals surface area contributed by atoms with Crippen LogP contribution in [0.25, 0.3) is 0 Å². The van der Waals surface area contributed by atoms with Crippen LogP contribution in [0.2, 0.25) is 0 Å². The predicted molar refractivity (Wildman–Crippen MR) is 72.0 cm³/mol. The van der Waals surface area contributed by atoms with Crippen molar-refractivity contribution in [3.05, 3.63) is 21.4 Å². The van der Waals surface area contributed by atoms with Crippen molar-refractivity contribution < 1.29 is 9.90 Å². The van der Waals surface area contributed by atoms with Gasteiger partial charge in [0.25, 0.3) is 5.91 Å². The van der Waals surface area contributed by atoms with E-state index in [4.69, 9.17) is 0 Å². The molecular formula is C14H19NO2S. The average molecular weight is 265 g/mol. The molecule has 2 unspecified atom stereocenters. The van der Waals surface area contributed by atoms with E-state index < -0.39 is 0 Å². The zero-order valence-electron chi connectivity index (χ0n) is 10.4. The minimum absolute atomic E-state index is 0.0356. The van der Waals surface area contributed by atoms with Gasteiger partial charge in [-0.15, -0.1) is 11.3 Å². The van der Waals surface area contributed by atoms with E-state index in [0.717, 1.165) is 37.0 Å². The monoisotopic (exact) mass is 265 g/mol. The van der Waals surface area contributed by atoms with Crippen LogP contribution in [0.15, 0.2) is 6.07 Å². The quantitative estimate of drug-likeness (QED) is 0.879. The van der Waals surface area contributed by atoms with Gasteiger partial charge in [-0.3, -0.25) is 4.79 Å². The zero-order valence-corrected chi connectivity index (χ0v) is 11.3. The summed E-state index contributed by atoms with van der Waals surface area (Å²) >= 11 is 1.64. The lowest BCUT2D eigenvalue weighted by molar-refractivity contribution is 0.0920. The maximum absolute atomic E-state index is 12.0. The predicted octanol–water partition coefficient (Wildman–Crippen LogP) is 2.13. The minimum atomic E-state index is -0.223. The van der Waals surface area contributed by atoms with E-state index in [1.54, 1.807) is 11.3 Å². The van der Waals surface area contributed by atoms with E-state index in [1.165, 1.54) is 16.9 Å². The standard InChI is InChI=1S/C14H19NO2S/c16-11-5-1-4-10(11)8-15-14(17)13-7-9-3-2-6-12(9)18-13/h7,10-11,16H,1-6,8H2,(H,15,17). The van der Waals surface area contributed by atoms with Crippen LogP contribution in [-0.4, -0.2) is 23.7 Å². The molecule has 0 radical (unpaired) electrons. The molecule has 18 heavy (non-hydrogen) atoms. The topological polar surface area (TPSA) is 49.3 Å². The number of thiophene rings is 1. The number of fused-ring (bicyclic) bond motifs is 1. The maximum Gasteiger partial charge on any atom is 0.261 e. The molecule has 4 heteroatoms. The van der Waals surface area contributed by atoms with Crippen molar-refractivity contribution in [1.29, 1.82) is 0 Å². The fraction of sp³-hybridized carbons (Fsp3) is 0.643. The third-order valence-electron chi connectivity index (χ3n) is 4.11. The van der Waals surface area contributed by atoms with Gasteiger partial charge in [0.2, 0.25) is 0 Å². The van der Waals surface area contributed by atoms with Gasteiger partial charge in [-0.05, 0) is 43.7 Å². The summed E-state index contributed by atoms with van der Waals surface area (Å²) in [5.41, 5.74) is 1.37. The second-order valence-corrected chi connectivity index (χ2v) is 6.52. The molecule has 98 valence electrons. The fourth-order valence-corrected chi connectivity index (χ4v) is 4.18. The van der Waals surface area contributed by atoms with Gasteiger partial charge < -0.3 is 10.4 Å². The van der Waals surface area contributed by atoms with Gasteiger partial charge in [-0.2, -0.15) is 0 Å². The first kappa shape index (κ1) is 12.2. The van der Waals surface area contributed by atoms with Crippen LogP contribution >= 0.6 is 11.3 Å². The zero-order chi connectivity index (χ0) is 12.5. The molecule has 3 rings (SSSR count). The normalized spacial score (nSPS) is 26.3. The van der Waals surface area contributed by atoms with Crippen LogP contribution in [0.3, 0.4) is 0 Å². The summed E-state index contributed by atoms with van der Waals surface area (Å²) in [5.74, 6) is 0.286. The summed E-state index contributed by atoms with van der Waals surface area (Å²) in [6, 6.07) is 2.05. The molecule has 1 fully saturated rings. The highest BCUT2D eigenvalue weighted by Crippen LogP contribution is 2.30. The van der Waals surface area contributed by atoms with Gasteiger partial charge in [-0.1, -0.05) is 6.42 Å². The molecule has 1 heterocycles. The largest absolute Gasteiger partial charge is 0.393 e. The van der Waals surface area contributed by atoms with Crippen LogP contribution in [0.5, 0.6) is 0 Å². The van der Waals surface area contributed by atoms with E-state index >= 15 is 0 Å². The maximum atomic E-state index is 12.0. The lowest BCUT2D eigenvalue weighted by Gasteiger charge is -2.14. The van der Waals surface area contributed by atoms with Gasteiger partial charge in [0, 0.05) is 17.3 Å². The Morgan fingerprint density at radius 1 is 1.39 bits per heavy atom. The number of aryl methyl sites for hydroxylation is 2. The van der Waals surface area contributed by atoms with Crippen molar-refractivity contribution in [3.8, 4) is 0 Å². The number of hydrogen-bond donors (Lipinski definition) is 2. The molecule has 0 aromatic carbocycles. The molecule has 1 aromatic rings. The second-order valence-electron chi connectivity index (χ2n) is 5.38. The molecule has 0 aliphatic heterocycles. The Bertz CT molecular complexity index is 433. The van der Waals surface area contributed by atoms with Gasteiger partial charge in [-0.25, -0.2) is 0 Å². The Kier molecular flexibility index (Phi) is 3.39. The summed E-state index contributed by atoms with van der Waals surface area (Å²) in [6.45, 7) is 0.614. The highest BCUT2D eigenvalue weighted by atomic mass is 32.1. The molecule has 1 aromatic heterocycles. The van der Waals surface area contributed by atoms with Gasteiger partial charge in [0.05, 0.1) is 11.0 Å². The molecule has 0 spiro atoms. The SMILES string of the molecule is O=C(NCC1CCCC1O)c1cc2c(s1)CCC2. The molecular weight excluding hydrogens is 246 g/mol. The third kappa shape index (κ3) is 2.31. The smallest absolute Gasteiger partial charge is 0.261 e. The van der Waals surface area contributed by atoms with Crippen molar-refractivity contribution in [2.24, 2.45) is 5.92 Å². The van der Waals surface area contributed by atoms with Crippen LogP contribution in [-0.2, 0) is 12.8 Å². The molecule has 1 amide bonds. The molecule has 0 saturated heterocycles. The fourth-order valence-electron chi connectivity index (χ4n) is 3.01. The Labute approximate surface area is 111 Å².